The molecule has 1 heterocycles. The number of aromatic carboxylic acids is 1. The normalized spacial score (nSPS) is 16.2. The van der Waals surface area contributed by atoms with Crippen molar-refractivity contribution in [1.82, 2.24) is 9.97 Å². The zero-order chi connectivity index (χ0) is 29.4. The first-order chi connectivity index (χ1) is 20.3. The molecule has 7 rings (SSSR count). The molecule has 0 saturated carbocycles. The predicted octanol–water partition coefficient (Wildman–Crippen LogP) is 7.19. The van der Waals surface area contributed by atoms with Gasteiger partial charge in [0.1, 0.15) is 12.1 Å². The minimum atomic E-state index is -0.939. The summed E-state index contributed by atoms with van der Waals surface area (Å²) in [5, 5.41) is 13.5. The molecule has 1 N–H and O–H groups in total. The van der Waals surface area contributed by atoms with Crippen molar-refractivity contribution >= 4 is 50.0 Å². The van der Waals surface area contributed by atoms with Crippen molar-refractivity contribution in [3.63, 3.8) is 0 Å². The third-order valence-corrected chi connectivity index (χ3v) is 7.84. The van der Waals surface area contributed by atoms with Crippen LogP contribution in [0.25, 0.3) is 32.4 Å². The molecular weight excluding hydrogens is 531 g/mol. The molecule has 5 aromatic carbocycles. The number of carboxylic acids is 1. The van der Waals surface area contributed by atoms with Gasteiger partial charge in [-0.15, -0.1) is 0 Å². The van der Waals surface area contributed by atoms with E-state index in [1.807, 2.05) is 43.3 Å². The number of ketones is 2. The number of carboxylic acid groups (broad SMARTS) is 1. The molecule has 0 radical (unpaired) electrons. The van der Waals surface area contributed by atoms with Crippen molar-refractivity contribution in [1.29, 1.82) is 0 Å². The number of nitrogens with zero attached hydrogens (tertiary/aromatic N) is 2. The fraction of sp³-hybridized carbons (Fsp3) is 0.114. The molecule has 0 bridgehead atoms. The summed E-state index contributed by atoms with van der Waals surface area (Å²) in [7, 11) is 0. The fourth-order valence-corrected chi connectivity index (χ4v) is 5.71. The zero-order valence-corrected chi connectivity index (χ0v) is 22.6. The summed E-state index contributed by atoms with van der Waals surface area (Å²) < 4.78 is 13.6. The summed E-state index contributed by atoms with van der Waals surface area (Å²) in [6, 6.07) is 26.9. The molecule has 6 nitrogen and oxygen atoms in total. The first-order valence-corrected chi connectivity index (χ1v) is 13.5. The molecule has 0 saturated heterocycles. The standard InChI is InChI=1S/C26H19FO2.C9H6N2O2/c1-15-19-11-12-21-20-8-3-2-6-17(20)9-10-22(21)24(19)26(29)23(25(15)28)14-16-5-4-7-18(27)13-16;12-9(13)6-1-2-8-7(3-6)4-10-5-11-8/h2-13,15,23H,14H2,1H3;1-5H,(H,12,13). The Bertz CT molecular complexity index is 2040. The Morgan fingerprint density at radius 3 is 2.48 bits per heavy atom. The molecule has 0 fully saturated rings. The molecule has 6 aromatic rings. The van der Waals surface area contributed by atoms with E-state index in [1.165, 1.54) is 24.5 Å². The molecule has 1 aliphatic carbocycles. The third kappa shape index (κ3) is 4.90. The van der Waals surface area contributed by atoms with Crippen molar-refractivity contribution in [3.05, 3.63) is 132 Å². The Labute approximate surface area is 240 Å². The molecule has 2 unspecified atom stereocenters. The largest absolute Gasteiger partial charge is 0.478 e. The van der Waals surface area contributed by atoms with Crippen LogP contribution in [0.3, 0.4) is 0 Å². The molecule has 42 heavy (non-hydrogen) atoms. The summed E-state index contributed by atoms with van der Waals surface area (Å²) in [5.41, 5.74) is 3.10. The second-order valence-corrected chi connectivity index (χ2v) is 10.4. The van der Waals surface area contributed by atoms with E-state index < -0.39 is 11.9 Å². The molecule has 0 spiro atoms. The number of carbonyl (C=O) groups is 3. The predicted molar refractivity (Wildman–Crippen MR) is 159 cm³/mol. The van der Waals surface area contributed by atoms with E-state index in [0.29, 0.717) is 11.1 Å². The maximum Gasteiger partial charge on any atom is 0.335 e. The molecule has 206 valence electrons. The van der Waals surface area contributed by atoms with Crippen LogP contribution in [-0.2, 0) is 11.2 Å². The van der Waals surface area contributed by atoms with Gasteiger partial charge >= 0.3 is 5.97 Å². The molecule has 1 aliphatic rings. The van der Waals surface area contributed by atoms with Crippen molar-refractivity contribution in [2.24, 2.45) is 5.92 Å². The highest BCUT2D eigenvalue weighted by molar-refractivity contribution is 6.24. The number of halogens is 1. The number of rotatable bonds is 3. The van der Waals surface area contributed by atoms with Crippen molar-refractivity contribution < 1.29 is 23.9 Å². The monoisotopic (exact) mass is 556 g/mol. The van der Waals surface area contributed by atoms with E-state index in [1.54, 1.807) is 30.5 Å². The van der Waals surface area contributed by atoms with E-state index in [-0.39, 0.29) is 35.3 Å². The van der Waals surface area contributed by atoms with Crippen LogP contribution in [0, 0.1) is 11.7 Å². The van der Waals surface area contributed by atoms with Crippen LogP contribution in [-0.4, -0.2) is 32.6 Å². The van der Waals surface area contributed by atoms with Gasteiger partial charge in [0.05, 0.1) is 17.0 Å². The average molecular weight is 557 g/mol. The van der Waals surface area contributed by atoms with Crippen LogP contribution in [0.1, 0.15) is 44.7 Å². The van der Waals surface area contributed by atoms with Crippen LogP contribution in [0.5, 0.6) is 0 Å². The van der Waals surface area contributed by atoms with Gasteiger partial charge in [0.15, 0.2) is 11.6 Å². The zero-order valence-electron chi connectivity index (χ0n) is 22.6. The van der Waals surface area contributed by atoms with Gasteiger partial charge in [-0.2, -0.15) is 0 Å². The molecule has 0 amide bonds. The Balaban J connectivity index is 0.000000203. The Morgan fingerprint density at radius 2 is 1.67 bits per heavy atom. The van der Waals surface area contributed by atoms with Gasteiger partial charge in [-0.05, 0) is 69.4 Å². The number of fused-ring (bicyclic) bond motifs is 6. The number of carbonyl (C=O) groups excluding carboxylic acids is 2. The Hall–Kier alpha value is -5.30. The lowest BCUT2D eigenvalue weighted by atomic mass is 9.72. The van der Waals surface area contributed by atoms with E-state index in [4.69, 9.17) is 5.11 Å². The number of aromatic nitrogens is 2. The highest BCUT2D eigenvalue weighted by Gasteiger charge is 2.39. The quantitative estimate of drug-likeness (QED) is 0.183. The number of Topliss-reactive ketones (excluding diaryl/α,β-unsaturated/α-hetero) is 2. The third-order valence-electron chi connectivity index (χ3n) is 7.84. The van der Waals surface area contributed by atoms with Crippen LogP contribution < -0.4 is 0 Å². The van der Waals surface area contributed by atoms with Gasteiger partial charge in [0.25, 0.3) is 0 Å². The van der Waals surface area contributed by atoms with E-state index >= 15 is 0 Å². The van der Waals surface area contributed by atoms with Gasteiger partial charge in [-0.3, -0.25) is 9.59 Å². The summed E-state index contributed by atoms with van der Waals surface area (Å²) >= 11 is 0. The van der Waals surface area contributed by atoms with E-state index in [9.17, 15) is 18.8 Å². The van der Waals surface area contributed by atoms with Gasteiger partial charge in [0, 0.05) is 23.1 Å². The maximum atomic E-state index is 13.6. The average Bonchev–Trinajstić information content (AvgIpc) is 3.01. The summed E-state index contributed by atoms with van der Waals surface area (Å²) in [6.07, 6.45) is 3.25. The Kier molecular flexibility index (Phi) is 7.00. The SMILES string of the molecule is CC1C(=O)C(Cc2cccc(F)c2)C(=O)c2c1ccc1c2ccc2ccccc21.O=C(O)c1ccc2ncncc2c1. The van der Waals surface area contributed by atoms with Crippen LogP contribution >= 0.6 is 0 Å². The lowest BCUT2D eigenvalue weighted by Crippen LogP contribution is -2.35. The second-order valence-electron chi connectivity index (χ2n) is 10.4. The Morgan fingerprint density at radius 1 is 0.857 bits per heavy atom. The minimum Gasteiger partial charge on any atom is -0.478 e. The van der Waals surface area contributed by atoms with Crippen LogP contribution in [0.4, 0.5) is 4.39 Å². The minimum absolute atomic E-state index is 0.0908. The molecule has 0 aliphatic heterocycles. The number of hydrogen-bond donors (Lipinski definition) is 1. The topological polar surface area (TPSA) is 97.2 Å². The lowest BCUT2D eigenvalue weighted by Gasteiger charge is -2.28. The first kappa shape index (κ1) is 26.9. The van der Waals surface area contributed by atoms with Gasteiger partial charge in [-0.25, -0.2) is 19.2 Å². The first-order valence-electron chi connectivity index (χ1n) is 13.5. The lowest BCUT2D eigenvalue weighted by molar-refractivity contribution is -0.122. The molecular formula is C35H25FN2O4. The highest BCUT2D eigenvalue weighted by atomic mass is 19.1. The summed E-state index contributed by atoms with van der Waals surface area (Å²) in [6.45, 7) is 1.86. The number of hydrogen-bond acceptors (Lipinski definition) is 5. The second kappa shape index (κ2) is 10.9. The van der Waals surface area contributed by atoms with Gasteiger partial charge in [-0.1, -0.05) is 67.6 Å². The van der Waals surface area contributed by atoms with Crippen LogP contribution in [0.15, 0.2) is 104 Å². The smallest absolute Gasteiger partial charge is 0.335 e. The van der Waals surface area contributed by atoms with Gasteiger partial charge in [0.2, 0.25) is 0 Å². The van der Waals surface area contributed by atoms with Crippen molar-refractivity contribution in [2.45, 2.75) is 19.3 Å². The van der Waals surface area contributed by atoms with E-state index in [2.05, 4.69) is 22.1 Å². The molecule has 7 heteroatoms. The highest BCUT2D eigenvalue weighted by Crippen LogP contribution is 2.39. The summed E-state index contributed by atoms with van der Waals surface area (Å²) in [5.74, 6) is -2.69. The maximum absolute atomic E-state index is 13.6. The molecule has 1 aromatic heterocycles. The van der Waals surface area contributed by atoms with Crippen molar-refractivity contribution in [3.8, 4) is 0 Å². The van der Waals surface area contributed by atoms with Crippen molar-refractivity contribution in [2.75, 3.05) is 0 Å². The van der Waals surface area contributed by atoms with Crippen LogP contribution in [0.2, 0.25) is 0 Å². The fourth-order valence-electron chi connectivity index (χ4n) is 5.71. The number of benzene rings is 5. The molecule has 2 atom stereocenters. The van der Waals surface area contributed by atoms with E-state index in [0.717, 1.165) is 38.0 Å². The van der Waals surface area contributed by atoms with Gasteiger partial charge < -0.3 is 5.11 Å². The summed E-state index contributed by atoms with van der Waals surface area (Å²) in [4.78, 5) is 44.9.